The summed E-state index contributed by atoms with van der Waals surface area (Å²) in [5, 5.41) is 7.34. The average molecular weight is 245 g/mol. The van der Waals surface area contributed by atoms with Crippen LogP contribution in [0.1, 0.15) is 5.69 Å². The van der Waals surface area contributed by atoms with Gasteiger partial charge in [-0.05, 0) is 0 Å². The SMILES string of the molecule is COCCNC(=O)CNCc1csc(=O)[nH]1. The molecule has 3 N–H and O–H groups in total. The van der Waals surface area contributed by atoms with Crippen LogP contribution in [0.3, 0.4) is 0 Å². The Morgan fingerprint density at radius 2 is 2.44 bits per heavy atom. The van der Waals surface area contributed by atoms with Crippen LogP contribution < -0.4 is 15.5 Å². The third-order valence-electron chi connectivity index (χ3n) is 1.80. The number of H-pyrrole nitrogens is 1. The molecular formula is C9H15N3O3S. The van der Waals surface area contributed by atoms with Crippen molar-refractivity contribution in [3.8, 4) is 0 Å². The highest BCUT2D eigenvalue weighted by Gasteiger charge is 2.00. The van der Waals surface area contributed by atoms with Crippen LogP contribution in [0.5, 0.6) is 0 Å². The first kappa shape index (κ1) is 12.9. The fourth-order valence-electron chi connectivity index (χ4n) is 1.07. The molecule has 7 heteroatoms. The number of thiazole rings is 1. The lowest BCUT2D eigenvalue weighted by Crippen LogP contribution is -2.35. The van der Waals surface area contributed by atoms with Crippen LogP contribution >= 0.6 is 11.3 Å². The van der Waals surface area contributed by atoms with Crippen molar-refractivity contribution >= 4 is 17.2 Å². The van der Waals surface area contributed by atoms with Crippen molar-refractivity contribution in [2.24, 2.45) is 0 Å². The Morgan fingerprint density at radius 3 is 3.06 bits per heavy atom. The molecule has 0 aliphatic heterocycles. The van der Waals surface area contributed by atoms with E-state index in [4.69, 9.17) is 4.74 Å². The average Bonchev–Trinajstić information content (AvgIpc) is 2.65. The summed E-state index contributed by atoms with van der Waals surface area (Å²) in [5.41, 5.74) is 0.791. The van der Waals surface area contributed by atoms with Crippen LogP contribution in [0.25, 0.3) is 0 Å². The zero-order chi connectivity index (χ0) is 11.8. The first-order chi connectivity index (χ1) is 7.72. The van der Waals surface area contributed by atoms with E-state index in [9.17, 15) is 9.59 Å². The Labute approximate surface area is 97.0 Å². The smallest absolute Gasteiger partial charge is 0.304 e. The molecule has 6 nitrogen and oxygen atoms in total. The number of methoxy groups -OCH3 is 1. The van der Waals surface area contributed by atoms with Gasteiger partial charge in [0.1, 0.15) is 0 Å². The van der Waals surface area contributed by atoms with Gasteiger partial charge in [-0.2, -0.15) is 0 Å². The van der Waals surface area contributed by atoms with Crippen LogP contribution in [0.2, 0.25) is 0 Å². The molecule has 1 aromatic rings. The zero-order valence-electron chi connectivity index (χ0n) is 9.04. The molecule has 16 heavy (non-hydrogen) atoms. The van der Waals surface area contributed by atoms with E-state index in [0.717, 1.165) is 17.0 Å². The summed E-state index contributed by atoms with van der Waals surface area (Å²) in [6.45, 7) is 1.72. The highest BCUT2D eigenvalue weighted by atomic mass is 32.1. The van der Waals surface area contributed by atoms with Crippen molar-refractivity contribution in [1.29, 1.82) is 0 Å². The standard InChI is InChI=1S/C9H15N3O3S/c1-15-3-2-11-8(13)5-10-4-7-6-16-9(14)12-7/h6,10H,2-5H2,1H3,(H,11,13)(H,12,14). The maximum absolute atomic E-state index is 11.2. The number of aromatic amines is 1. The normalized spacial score (nSPS) is 10.3. The van der Waals surface area contributed by atoms with Gasteiger partial charge in [0.25, 0.3) is 0 Å². The quantitative estimate of drug-likeness (QED) is 0.554. The number of amides is 1. The summed E-state index contributed by atoms with van der Waals surface area (Å²) in [5.74, 6) is -0.0883. The van der Waals surface area contributed by atoms with E-state index in [2.05, 4.69) is 15.6 Å². The lowest BCUT2D eigenvalue weighted by Gasteiger charge is -2.05. The van der Waals surface area contributed by atoms with E-state index >= 15 is 0 Å². The molecule has 0 bridgehead atoms. The molecule has 0 aliphatic carbocycles. The van der Waals surface area contributed by atoms with Gasteiger partial charge in [0, 0.05) is 31.3 Å². The second-order valence-electron chi connectivity index (χ2n) is 3.12. The molecule has 1 aromatic heterocycles. The fourth-order valence-corrected chi connectivity index (χ4v) is 1.65. The Kier molecular flexibility index (Phi) is 5.76. The van der Waals surface area contributed by atoms with E-state index in [1.165, 1.54) is 0 Å². The van der Waals surface area contributed by atoms with Gasteiger partial charge in [-0.15, -0.1) is 0 Å². The van der Waals surface area contributed by atoms with E-state index < -0.39 is 0 Å². The fraction of sp³-hybridized carbons (Fsp3) is 0.556. The summed E-state index contributed by atoms with van der Waals surface area (Å²) in [6, 6.07) is 0. The second-order valence-corrected chi connectivity index (χ2v) is 3.96. The number of ether oxygens (including phenoxy) is 1. The summed E-state index contributed by atoms with van der Waals surface area (Å²) < 4.78 is 4.80. The zero-order valence-corrected chi connectivity index (χ0v) is 9.86. The predicted octanol–water partition coefficient (Wildman–Crippen LogP) is -0.711. The molecular weight excluding hydrogens is 230 g/mol. The number of hydrogen-bond acceptors (Lipinski definition) is 5. The molecule has 1 rings (SSSR count). The number of nitrogens with one attached hydrogen (secondary N) is 3. The van der Waals surface area contributed by atoms with Crippen LogP contribution in [-0.4, -0.2) is 37.7 Å². The molecule has 0 saturated heterocycles. The highest BCUT2D eigenvalue weighted by Crippen LogP contribution is 1.93. The van der Waals surface area contributed by atoms with E-state index in [1.807, 2.05) is 0 Å². The van der Waals surface area contributed by atoms with Gasteiger partial charge in [0.2, 0.25) is 5.91 Å². The summed E-state index contributed by atoms with van der Waals surface area (Å²) in [4.78, 5) is 24.6. The Bertz CT molecular complexity index is 374. The Morgan fingerprint density at radius 1 is 1.62 bits per heavy atom. The molecule has 0 fully saturated rings. The van der Waals surface area contributed by atoms with Gasteiger partial charge in [0.05, 0.1) is 13.2 Å². The van der Waals surface area contributed by atoms with Crippen LogP contribution in [0.4, 0.5) is 0 Å². The third kappa shape index (κ3) is 5.06. The maximum Gasteiger partial charge on any atom is 0.304 e. The van der Waals surface area contributed by atoms with Crippen molar-refractivity contribution in [2.75, 3.05) is 26.8 Å². The van der Waals surface area contributed by atoms with E-state index in [-0.39, 0.29) is 17.3 Å². The third-order valence-corrected chi connectivity index (χ3v) is 2.52. The Balaban J connectivity index is 2.11. The van der Waals surface area contributed by atoms with Crippen LogP contribution in [-0.2, 0) is 16.1 Å². The van der Waals surface area contributed by atoms with Gasteiger partial charge in [-0.1, -0.05) is 11.3 Å². The molecule has 0 radical (unpaired) electrons. The number of hydrogen-bond donors (Lipinski definition) is 3. The van der Waals surface area contributed by atoms with Crippen molar-refractivity contribution in [1.82, 2.24) is 15.6 Å². The minimum absolute atomic E-state index is 0.0821. The van der Waals surface area contributed by atoms with Crippen molar-refractivity contribution < 1.29 is 9.53 Å². The maximum atomic E-state index is 11.2. The van der Waals surface area contributed by atoms with Crippen molar-refractivity contribution in [3.05, 3.63) is 20.7 Å². The highest BCUT2D eigenvalue weighted by molar-refractivity contribution is 7.07. The van der Waals surface area contributed by atoms with Gasteiger partial charge < -0.3 is 20.4 Å². The minimum Gasteiger partial charge on any atom is -0.383 e. The van der Waals surface area contributed by atoms with Gasteiger partial charge in [0.15, 0.2) is 0 Å². The predicted molar refractivity (Wildman–Crippen MR) is 61.5 cm³/mol. The second kappa shape index (κ2) is 7.15. The van der Waals surface area contributed by atoms with Gasteiger partial charge in [-0.3, -0.25) is 9.59 Å². The number of aromatic nitrogens is 1. The monoisotopic (exact) mass is 245 g/mol. The summed E-state index contributed by atoms with van der Waals surface area (Å²) in [6.07, 6.45) is 0. The molecule has 0 atom stereocenters. The summed E-state index contributed by atoms with van der Waals surface area (Å²) in [7, 11) is 1.58. The molecule has 0 saturated carbocycles. The van der Waals surface area contributed by atoms with Crippen molar-refractivity contribution in [2.45, 2.75) is 6.54 Å². The number of carbonyl (C=O) groups is 1. The Hall–Kier alpha value is -1.18. The number of carbonyl (C=O) groups excluding carboxylic acids is 1. The first-order valence-electron chi connectivity index (χ1n) is 4.85. The van der Waals surface area contributed by atoms with Crippen LogP contribution in [0.15, 0.2) is 10.2 Å². The van der Waals surface area contributed by atoms with Gasteiger partial charge >= 0.3 is 4.87 Å². The van der Waals surface area contributed by atoms with E-state index in [0.29, 0.717) is 19.7 Å². The molecule has 90 valence electrons. The van der Waals surface area contributed by atoms with Crippen molar-refractivity contribution in [3.63, 3.8) is 0 Å². The lowest BCUT2D eigenvalue weighted by atomic mass is 10.4. The van der Waals surface area contributed by atoms with Crippen LogP contribution in [0, 0.1) is 0 Å². The molecule has 0 aliphatic rings. The topological polar surface area (TPSA) is 83.2 Å². The molecule has 0 aromatic carbocycles. The molecule has 1 heterocycles. The largest absolute Gasteiger partial charge is 0.383 e. The molecule has 1 amide bonds. The van der Waals surface area contributed by atoms with Gasteiger partial charge in [-0.25, -0.2) is 0 Å². The minimum atomic E-state index is -0.0883. The summed E-state index contributed by atoms with van der Waals surface area (Å²) >= 11 is 1.11. The first-order valence-corrected chi connectivity index (χ1v) is 5.73. The number of rotatable bonds is 7. The molecule has 0 spiro atoms. The molecule has 0 unspecified atom stereocenters. The van der Waals surface area contributed by atoms with E-state index in [1.54, 1.807) is 12.5 Å². The lowest BCUT2D eigenvalue weighted by molar-refractivity contribution is -0.120.